The first-order valence-corrected chi connectivity index (χ1v) is 6.49. The molecule has 3 N–H and O–H groups in total. The smallest absolute Gasteiger partial charge is 0.253 e. The largest absolute Gasteiger partial charge is 0.397 e. The molecule has 0 aliphatic heterocycles. The molecule has 0 fully saturated rings. The molecule has 0 bridgehead atoms. The summed E-state index contributed by atoms with van der Waals surface area (Å²) in [4.78, 5) is 15.9. The Morgan fingerprint density at radius 2 is 2.47 bits per heavy atom. The maximum absolute atomic E-state index is 11.8. The Balaban J connectivity index is 2.46. The molecule has 1 aromatic heterocycles. The fourth-order valence-corrected chi connectivity index (χ4v) is 1.86. The predicted octanol–water partition coefficient (Wildman–Crippen LogP) is 1.62. The fraction of sp³-hybridized carbons (Fsp3) is 0.333. The molecule has 0 unspecified atom stereocenters. The van der Waals surface area contributed by atoms with Crippen LogP contribution >= 0.6 is 11.8 Å². The van der Waals surface area contributed by atoms with Crippen LogP contribution in [0.4, 0.5) is 5.69 Å². The summed E-state index contributed by atoms with van der Waals surface area (Å²) in [5.41, 5.74) is 7.33. The summed E-state index contributed by atoms with van der Waals surface area (Å²) in [6, 6.07) is 1.65. The number of nitrogens with zero attached hydrogens (tertiary/aromatic N) is 1. The number of nitrogens with two attached hydrogens (primary N) is 1. The molecule has 0 aliphatic rings. The van der Waals surface area contributed by atoms with Gasteiger partial charge in [-0.05, 0) is 13.0 Å². The lowest BCUT2D eigenvalue weighted by Crippen LogP contribution is -2.26. The third kappa shape index (κ3) is 4.48. The van der Waals surface area contributed by atoms with Crippen LogP contribution in [0, 0.1) is 6.92 Å². The first-order chi connectivity index (χ1) is 8.15. The minimum Gasteiger partial charge on any atom is -0.397 e. The summed E-state index contributed by atoms with van der Waals surface area (Å²) in [5, 5.41) is 2.84. The van der Waals surface area contributed by atoms with Crippen molar-refractivity contribution in [2.45, 2.75) is 6.92 Å². The molecular weight excluding hydrogens is 234 g/mol. The summed E-state index contributed by atoms with van der Waals surface area (Å²) < 4.78 is 0. The summed E-state index contributed by atoms with van der Waals surface area (Å²) in [5.74, 6) is 1.64. The number of carbonyl (C=O) groups excluding carboxylic acids is 1. The molecule has 92 valence electrons. The molecule has 17 heavy (non-hydrogen) atoms. The van der Waals surface area contributed by atoms with Gasteiger partial charge >= 0.3 is 0 Å². The van der Waals surface area contributed by atoms with Gasteiger partial charge in [0, 0.05) is 18.1 Å². The molecule has 0 atom stereocenters. The number of hydrogen-bond donors (Lipinski definition) is 2. The number of amides is 1. The first-order valence-electron chi connectivity index (χ1n) is 5.34. The van der Waals surface area contributed by atoms with Gasteiger partial charge in [-0.15, -0.1) is 6.58 Å². The molecule has 1 amide bonds. The SMILES string of the molecule is C=CCSCCNC(=O)c1cc(N)cnc1C. The zero-order valence-corrected chi connectivity index (χ0v) is 10.7. The fourth-order valence-electron chi connectivity index (χ4n) is 1.28. The van der Waals surface area contributed by atoms with Crippen LogP contribution in [0.3, 0.4) is 0 Å². The molecule has 0 saturated heterocycles. The molecule has 0 spiro atoms. The minimum atomic E-state index is -0.124. The van der Waals surface area contributed by atoms with Crippen LogP contribution < -0.4 is 11.1 Å². The van der Waals surface area contributed by atoms with Crippen LogP contribution in [0.5, 0.6) is 0 Å². The molecule has 1 rings (SSSR count). The van der Waals surface area contributed by atoms with Crippen LogP contribution in [0.25, 0.3) is 0 Å². The van der Waals surface area contributed by atoms with Crippen molar-refractivity contribution in [3.63, 3.8) is 0 Å². The van der Waals surface area contributed by atoms with Crippen molar-refractivity contribution in [1.82, 2.24) is 10.3 Å². The lowest BCUT2D eigenvalue weighted by molar-refractivity contribution is 0.0955. The van der Waals surface area contributed by atoms with E-state index >= 15 is 0 Å². The van der Waals surface area contributed by atoms with Gasteiger partial charge in [-0.1, -0.05) is 6.08 Å². The van der Waals surface area contributed by atoms with E-state index in [9.17, 15) is 4.79 Å². The zero-order chi connectivity index (χ0) is 12.7. The lowest BCUT2D eigenvalue weighted by Gasteiger charge is -2.07. The Kier molecular flexibility index (Phi) is 5.56. The quantitative estimate of drug-likeness (QED) is 0.595. The lowest BCUT2D eigenvalue weighted by atomic mass is 10.2. The average molecular weight is 251 g/mol. The summed E-state index contributed by atoms with van der Waals surface area (Å²) in [7, 11) is 0. The number of nitrogen functional groups attached to an aromatic ring is 1. The number of nitrogens with one attached hydrogen (secondary N) is 1. The molecule has 5 heteroatoms. The minimum absolute atomic E-state index is 0.124. The third-order valence-corrected chi connectivity index (χ3v) is 3.08. The van der Waals surface area contributed by atoms with Crippen molar-refractivity contribution in [1.29, 1.82) is 0 Å². The van der Waals surface area contributed by atoms with Gasteiger partial charge in [0.2, 0.25) is 0 Å². The van der Waals surface area contributed by atoms with Crippen molar-refractivity contribution < 1.29 is 4.79 Å². The number of hydrogen-bond acceptors (Lipinski definition) is 4. The second kappa shape index (κ2) is 6.96. The predicted molar refractivity (Wildman–Crippen MR) is 73.2 cm³/mol. The number of rotatable bonds is 6. The molecular formula is C12H17N3OS. The van der Waals surface area contributed by atoms with E-state index in [-0.39, 0.29) is 5.91 Å². The van der Waals surface area contributed by atoms with Gasteiger partial charge in [0.1, 0.15) is 0 Å². The van der Waals surface area contributed by atoms with Crippen molar-refractivity contribution in [2.24, 2.45) is 0 Å². The normalized spacial score (nSPS) is 9.94. The molecule has 1 heterocycles. The maximum atomic E-state index is 11.8. The second-order valence-electron chi connectivity index (χ2n) is 3.52. The summed E-state index contributed by atoms with van der Waals surface area (Å²) in [6.45, 7) is 6.05. The van der Waals surface area contributed by atoms with Crippen LogP contribution in [0.15, 0.2) is 24.9 Å². The van der Waals surface area contributed by atoms with E-state index in [0.717, 1.165) is 11.5 Å². The second-order valence-corrected chi connectivity index (χ2v) is 4.67. The topological polar surface area (TPSA) is 68.0 Å². The van der Waals surface area contributed by atoms with Crippen molar-refractivity contribution in [3.8, 4) is 0 Å². The molecule has 0 radical (unpaired) electrons. The highest BCUT2D eigenvalue weighted by Gasteiger charge is 2.09. The molecule has 1 aromatic rings. The Morgan fingerprint density at radius 3 is 3.18 bits per heavy atom. The zero-order valence-electron chi connectivity index (χ0n) is 9.90. The highest BCUT2D eigenvalue weighted by Crippen LogP contribution is 2.09. The van der Waals surface area contributed by atoms with Gasteiger partial charge in [-0.25, -0.2) is 0 Å². The van der Waals surface area contributed by atoms with E-state index in [1.165, 1.54) is 0 Å². The molecule has 4 nitrogen and oxygen atoms in total. The van der Waals surface area contributed by atoms with Crippen molar-refractivity contribution >= 4 is 23.4 Å². The van der Waals surface area contributed by atoms with E-state index in [4.69, 9.17) is 5.73 Å². The number of aryl methyl sites for hydroxylation is 1. The Morgan fingerprint density at radius 1 is 1.71 bits per heavy atom. The number of aromatic nitrogens is 1. The molecule has 0 aromatic carbocycles. The monoisotopic (exact) mass is 251 g/mol. The van der Waals surface area contributed by atoms with E-state index in [1.807, 2.05) is 6.08 Å². The van der Waals surface area contributed by atoms with Gasteiger partial charge in [0.05, 0.1) is 23.1 Å². The van der Waals surface area contributed by atoms with E-state index in [0.29, 0.717) is 23.5 Å². The summed E-state index contributed by atoms with van der Waals surface area (Å²) >= 11 is 1.72. The Bertz CT molecular complexity index is 407. The standard InChI is InChI=1S/C12H17N3OS/c1-3-5-17-6-4-14-12(16)11-7-10(13)8-15-9(11)2/h3,7-8H,1,4-6,13H2,2H3,(H,14,16). The average Bonchev–Trinajstić information content (AvgIpc) is 2.32. The van der Waals surface area contributed by atoms with Gasteiger partial charge in [-0.3, -0.25) is 9.78 Å². The van der Waals surface area contributed by atoms with Gasteiger partial charge < -0.3 is 11.1 Å². The Hall–Kier alpha value is -1.49. The number of anilines is 1. The van der Waals surface area contributed by atoms with Gasteiger partial charge in [0.25, 0.3) is 5.91 Å². The summed E-state index contributed by atoms with van der Waals surface area (Å²) in [6.07, 6.45) is 3.39. The number of pyridine rings is 1. The van der Waals surface area contributed by atoms with Crippen LogP contribution in [0.2, 0.25) is 0 Å². The third-order valence-electron chi connectivity index (χ3n) is 2.12. The molecule has 0 saturated carbocycles. The van der Waals surface area contributed by atoms with E-state index < -0.39 is 0 Å². The van der Waals surface area contributed by atoms with E-state index in [2.05, 4.69) is 16.9 Å². The van der Waals surface area contributed by atoms with Crippen LogP contribution in [-0.4, -0.2) is 28.9 Å². The van der Waals surface area contributed by atoms with Crippen molar-refractivity contribution in [2.75, 3.05) is 23.8 Å². The number of carbonyl (C=O) groups is 1. The highest BCUT2D eigenvalue weighted by molar-refractivity contribution is 7.99. The van der Waals surface area contributed by atoms with E-state index in [1.54, 1.807) is 30.9 Å². The Labute approximate surface area is 106 Å². The maximum Gasteiger partial charge on any atom is 0.253 e. The highest BCUT2D eigenvalue weighted by atomic mass is 32.2. The van der Waals surface area contributed by atoms with Crippen LogP contribution in [0.1, 0.15) is 16.1 Å². The van der Waals surface area contributed by atoms with Crippen LogP contribution in [-0.2, 0) is 0 Å². The number of thioether (sulfide) groups is 1. The van der Waals surface area contributed by atoms with Gasteiger partial charge in [0.15, 0.2) is 0 Å². The van der Waals surface area contributed by atoms with Crippen molar-refractivity contribution in [3.05, 3.63) is 36.2 Å². The van der Waals surface area contributed by atoms with Gasteiger partial charge in [-0.2, -0.15) is 11.8 Å². The first kappa shape index (κ1) is 13.6. The molecule has 0 aliphatic carbocycles.